The van der Waals surface area contributed by atoms with E-state index in [1.165, 1.54) is 18.2 Å². The maximum atomic E-state index is 12.5. The molecule has 0 N–H and O–H groups in total. The molecule has 0 aliphatic rings. The minimum atomic E-state index is -4.43. The molecule has 0 aliphatic heterocycles. The number of ether oxygens (including phenoxy) is 1. The quantitative estimate of drug-likeness (QED) is 0.576. The van der Waals surface area contributed by atoms with Crippen LogP contribution in [0.3, 0.4) is 0 Å². The fraction of sp³-hybridized carbons (Fsp3) is 0.182. The van der Waals surface area contributed by atoms with Gasteiger partial charge in [-0.2, -0.15) is 13.2 Å². The number of hydrogen-bond acceptors (Lipinski definition) is 2. The Labute approximate surface area is 90.3 Å². The average molecular weight is 230 g/mol. The zero-order chi connectivity index (χ0) is 12.2. The summed E-state index contributed by atoms with van der Waals surface area (Å²) in [5.41, 5.74) is -0.851. The van der Waals surface area contributed by atoms with Crippen LogP contribution in [-0.4, -0.2) is 13.1 Å². The average Bonchev–Trinajstić information content (AvgIpc) is 2.25. The molecule has 0 heterocycles. The third-order valence-corrected chi connectivity index (χ3v) is 1.87. The molecule has 86 valence electrons. The Morgan fingerprint density at radius 1 is 1.31 bits per heavy atom. The normalized spacial score (nSPS) is 11.8. The molecule has 1 rings (SSSR count). The molecule has 2 nitrogen and oxygen atoms in total. The summed E-state index contributed by atoms with van der Waals surface area (Å²) < 4.78 is 41.8. The van der Waals surface area contributed by atoms with E-state index in [-0.39, 0.29) is 5.56 Å². The second-order valence-electron chi connectivity index (χ2n) is 2.94. The van der Waals surface area contributed by atoms with Crippen LogP contribution in [0.4, 0.5) is 13.2 Å². The largest absolute Gasteiger partial charge is 0.466 e. The number of rotatable bonds is 2. The number of alkyl halides is 3. The fourth-order valence-electron chi connectivity index (χ4n) is 1.13. The van der Waals surface area contributed by atoms with Gasteiger partial charge in [-0.05, 0) is 17.7 Å². The maximum Gasteiger partial charge on any atom is 0.416 e. The third kappa shape index (κ3) is 3.12. The van der Waals surface area contributed by atoms with E-state index in [9.17, 15) is 18.0 Å². The summed E-state index contributed by atoms with van der Waals surface area (Å²) in [5.74, 6) is -0.697. The lowest BCUT2D eigenvalue weighted by Crippen LogP contribution is -2.07. The minimum Gasteiger partial charge on any atom is -0.466 e. The molecule has 1 aromatic rings. The topological polar surface area (TPSA) is 26.3 Å². The molecule has 0 saturated carbocycles. The van der Waals surface area contributed by atoms with Gasteiger partial charge in [0.05, 0.1) is 12.7 Å². The lowest BCUT2D eigenvalue weighted by Gasteiger charge is -2.09. The second-order valence-corrected chi connectivity index (χ2v) is 2.94. The van der Waals surface area contributed by atoms with E-state index >= 15 is 0 Å². The molecule has 16 heavy (non-hydrogen) atoms. The van der Waals surface area contributed by atoms with Crippen LogP contribution in [0.15, 0.2) is 30.3 Å². The molecular weight excluding hydrogens is 221 g/mol. The SMILES string of the molecule is COC(=O)C=Cc1ccccc1C(F)(F)F. The van der Waals surface area contributed by atoms with Gasteiger partial charge in [-0.3, -0.25) is 0 Å². The predicted molar refractivity (Wildman–Crippen MR) is 52.5 cm³/mol. The Morgan fingerprint density at radius 3 is 2.50 bits per heavy atom. The standard InChI is InChI=1S/C11H9F3O2/c1-16-10(15)7-6-8-4-2-3-5-9(8)11(12,13)14/h2-7H,1H3. The Morgan fingerprint density at radius 2 is 1.94 bits per heavy atom. The maximum absolute atomic E-state index is 12.5. The molecule has 0 bridgehead atoms. The van der Waals surface area contributed by atoms with Crippen molar-refractivity contribution in [2.24, 2.45) is 0 Å². The zero-order valence-electron chi connectivity index (χ0n) is 8.41. The molecule has 1 aromatic carbocycles. The van der Waals surface area contributed by atoms with Crippen molar-refractivity contribution in [2.75, 3.05) is 7.11 Å². The molecular formula is C11H9F3O2. The van der Waals surface area contributed by atoms with E-state index in [1.807, 2.05) is 0 Å². The Kier molecular flexibility index (Phi) is 3.71. The van der Waals surface area contributed by atoms with E-state index in [2.05, 4.69) is 4.74 Å². The highest BCUT2D eigenvalue weighted by atomic mass is 19.4. The number of carbonyl (C=O) groups excluding carboxylic acids is 1. The molecule has 0 amide bonds. The molecule has 5 heteroatoms. The summed E-state index contributed by atoms with van der Waals surface area (Å²) in [4.78, 5) is 10.8. The Balaban J connectivity index is 3.05. The lowest BCUT2D eigenvalue weighted by atomic mass is 10.1. The number of hydrogen-bond donors (Lipinski definition) is 0. The van der Waals surface area contributed by atoms with E-state index in [1.54, 1.807) is 0 Å². The smallest absolute Gasteiger partial charge is 0.416 e. The third-order valence-electron chi connectivity index (χ3n) is 1.87. The second kappa shape index (κ2) is 4.83. The number of halogens is 3. The minimum absolute atomic E-state index is 0.0691. The van der Waals surface area contributed by atoms with Gasteiger partial charge in [-0.15, -0.1) is 0 Å². The van der Waals surface area contributed by atoms with Crippen LogP contribution in [0, 0.1) is 0 Å². The molecule has 0 fully saturated rings. The van der Waals surface area contributed by atoms with Crippen LogP contribution in [0.2, 0.25) is 0 Å². The van der Waals surface area contributed by atoms with Crippen molar-refractivity contribution in [3.8, 4) is 0 Å². The van der Waals surface area contributed by atoms with E-state index in [0.29, 0.717) is 0 Å². The summed E-state index contributed by atoms with van der Waals surface area (Å²) in [6.45, 7) is 0. The van der Waals surface area contributed by atoms with Crippen molar-refractivity contribution in [2.45, 2.75) is 6.18 Å². The molecule has 0 aliphatic carbocycles. The molecule has 0 spiro atoms. The van der Waals surface area contributed by atoms with Crippen molar-refractivity contribution in [1.82, 2.24) is 0 Å². The first-order valence-corrected chi connectivity index (χ1v) is 4.37. The summed E-state index contributed by atoms with van der Waals surface area (Å²) in [6, 6.07) is 4.99. The molecule has 0 aromatic heterocycles. The van der Waals surface area contributed by atoms with Crippen LogP contribution in [0.1, 0.15) is 11.1 Å². The van der Waals surface area contributed by atoms with Crippen molar-refractivity contribution in [3.05, 3.63) is 41.5 Å². The van der Waals surface area contributed by atoms with Gasteiger partial charge in [0.15, 0.2) is 0 Å². The summed E-state index contributed by atoms with van der Waals surface area (Å²) in [7, 11) is 1.16. The lowest BCUT2D eigenvalue weighted by molar-refractivity contribution is -0.138. The van der Waals surface area contributed by atoms with Gasteiger partial charge < -0.3 is 4.74 Å². The van der Waals surface area contributed by atoms with E-state index in [0.717, 1.165) is 25.3 Å². The van der Waals surface area contributed by atoms with E-state index in [4.69, 9.17) is 0 Å². The van der Waals surface area contributed by atoms with Gasteiger partial charge in [0.2, 0.25) is 0 Å². The van der Waals surface area contributed by atoms with Crippen LogP contribution < -0.4 is 0 Å². The molecule has 0 radical (unpaired) electrons. The number of benzene rings is 1. The van der Waals surface area contributed by atoms with Crippen molar-refractivity contribution >= 4 is 12.0 Å². The fourth-order valence-corrected chi connectivity index (χ4v) is 1.13. The first kappa shape index (κ1) is 12.3. The van der Waals surface area contributed by atoms with Gasteiger partial charge in [0.25, 0.3) is 0 Å². The first-order chi connectivity index (χ1) is 7.45. The van der Waals surface area contributed by atoms with Crippen LogP contribution in [0.25, 0.3) is 6.08 Å². The number of esters is 1. The first-order valence-electron chi connectivity index (χ1n) is 4.37. The van der Waals surface area contributed by atoms with E-state index < -0.39 is 17.7 Å². The highest BCUT2D eigenvalue weighted by Gasteiger charge is 2.32. The predicted octanol–water partition coefficient (Wildman–Crippen LogP) is 2.89. The Bertz CT molecular complexity index is 408. The molecule has 0 atom stereocenters. The zero-order valence-corrected chi connectivity index (χ0v) is 8.41. The van der Waals surface area contributed by atoms with Gasteiger partial charge in [-0.1, -0.05) is 18.2 Å². The molecule has 0 unspecified atom stereocenters. The van der Waals surface area contributed by atoms with Crippen molar-refractivity contribution in [3.63, 3.8) is 0 Å². The summed E-state index contributed by atoms with van der Waals surface area (Å²) in [5, 5.41) is 0. The Hall–Kier alpha value is -1.78. The number of carbonyl (C=O) groups is 1. The monoisotopic (exact) mass is 230 g/mol. The highest BCUT2D eigenvalue weighted by molar-refractivity contribution is 5.87. The van der Waals surface area contributed by atoms with Gasteiger partial charge >= 0.3 is 12.1 Å². The number of methoxy groups -OCH3 is 1. The van der Waals surface area contributed by atoms with Crippen LogP contribution >= 0.6 is 0 Å². The van der Waals surface area contributed by atoms with Crippen molar-refractivity contribution < 1.29 is 22.7 Å². The van der Waals surface area contributed by atoms with Gasteiger partial charge in [-0.25, -0.2) is 4.79 Å². The van der Waals surface area contributed by atoms with Gasteiger partial charge in [0, 0.05) is 6.08 Å². The summed E-state index contributed by atoms with van der Waals surface area (Å²) in [6.07, 6.45) is -2.41. The highest BCUT2D eigenvalue weighted by Crippen LogP contribution is 2.32. The van der Waals surface area contributed by atoms with Crippen LogP contribution in [0.5, 0.6) is 0 Å². The van der Waals surface area contributed by atoms with Crippen molar-refractivity contribution in [1.29, 1.82) is 0 Å². The van der Waals surface area contributed by atoms with Crippen LogP contribution in [-0.2, 0) is 15.7 Å². The molecule has 0 saturated heterocycles. The van der Waals surface area contributed by atoms with Gasteiger partial charge in [0.1, 0.15) is 0 Å². The summed E-state index contributed by atoms with van der Waals surface area (Å²) >= 11 is 0.